The molecule has 0 radical (unpaired) electrons. The molecule has 0 aliphatic carbocycles. The lowest BCUT2D eigenvalue weighted by molar-refractivity contribution is 0.282. The highest BCUT2D eigenvalue weighted by molar-refractivity contribution is 5.93. The molecule has 6 heteroatoms. The molecule has 0 spiro atoms. The van der Waals surface area contributed by atoms with E-state index in [1.54, 1.807) is 26.4 Å². The van der Waals surface area contributed by atoms with Crippen molar-refractivity contribution in [2.24, 2.45) is 0 Å². The SMILES string of the molecule is COc1cc(-c2oc3c(OC)cc(/C=C/CO)cc3c2CO)ccc1OCC=C(C)C. The number of furan rings is 1. The van der Waals surface area contributed by atoms with E-state index < -0.39 is 0 Å². The smallest absolute Gasteiger partial charge is 0.177 e. The van der Waals surface area contributed by atoms with Crippen LogP contribution in [0.15, 0.2) is 52.5 Å². The van der Waals surface area contributed by atoms with Gasteiger partial charge in [-0.2, -0.15) is 0 Å². The van der Waals surface area contributed by atoms with Crippen LogP contribution in [0.4, 0.5) is 0 Å². The maximum Gasteiger partial charge on any atom is 0.177 e. The van der Waals surface area contributed by atoms with Gasteiger partial charge < -0.3 is 28.8 Å². The number of hydrogen-bond acceptors (Lipinski definition) is 6. The molecule has 0 fully saturated rings. The Kier molecular flexibility index (Phi) is 7.39. The summed E-state index contributed by atoms with van der Waals surface area (Å²) in [4.78, 5) is 0. The highest BCUT2D eigenvalue weighted by Crippen LogP contribution is 2.41. The Morgan fingerprint density at radius 3 is 2.42 bits per heavy atom. The van der Waals surface area contributed by atoms with Crippen molar-refractivity contribution < 1.29 is 28.8 Å². The van der Waals surface area contributed by atoms with Crippen LogP contribution in [-0.4, -0.2) is 37.6 Å². The monoisotopic (exact) mass is 424 g/mol. The summed E-state index contributed by atoms with van der Waals surface area (Å²) in [5, 5.41) is 19.9. The molecule has 0 aliphatic rings. The summed E-state index contributed by atoms with van der Waals surface area (Å²) in [7, 11) is 3.15. The number of methoxy groups -OCH3 is 2. The Balaban J connectivity index is 2.09. The normalized spacial score (nSPS) is 11.2. The molecule has 0 amide bonds. The number of aliphatic hydroxyl groups is 2. The van der Waals surface area contributed by atoms with E-state index in [-0.39, 0.29) is 13.2 Å². The number of ether oxygens (including phenoxy) is 3. The molecule has 2 aromatic carbocycles. The predicted molar refractivity (Wildman–Crippen MR) is 122 cm³/mol. The maximum absolute atomic E-state index is 10.1. The van der Waals surface area contributed by atoms with Crippen LogP contribution in [0.25, 0.3) is 28.4 Å². The van der Waals surface area contributed by atoms with Crippen molar-refractivity contribution in [3.8, 4) is 28.6 Å². The first kappa shape index (κ1) is 22.5. The predicted octanol–water partition coefficient (Wildman–Crippen LogP) is 4.96. The van der Waals surface area contributed by atoms with Gasteiger partial charge in [-0.15, -0.1) is 0 Å². The lowest BCUT2D eigenvalue weighted by Crippen LogP contribution is -1.97. The molecular formula is C25H28O6. The zero-order valence-electron chi connectivity index (χ0n) is 18.3. The molecule has 0 unspecified atom stereocenters. The van der Waals surface area contributed by atoms with Crippen LogP contribution in [-0.2, 0) is 6.61 Å². The van der Waals surface area contributed by atoms with E-state index in [4.69, 9.17) is 23.7 Å². The lowest BCUT2D eigenvalue weighted by Gasteiger charge is -2.11. The Hall–Kier alpha value is -3.22. The van der Waals surface area contributed by atoms with E-state index >= 15 is 0 Å². The summed E-state index contributed by atoms with van der Waals surface area (Å²) in [6, 6.07) is 9.25. The summed E-state index contributed by atoms with van der Waals surface area (Å²) in [5.74, 6) is 2.28. The zero-order chi connectivity index (χ0) is 22.4. The second-order valence-corrected chi connectivity index (χ2v) is 7.21. The van der Waals surface area contributed by atoms with Gasteiger partial charge in [0.2, 0.25) is 0 Å². The van der Waals surface area contributed by atoms with Crippen molar-refractivity contribution >= 4 is 17.0 Å². The van der Waals surface area contributed by atoms with E-state index in [0.29, 0.717) is 40.8 Å². The fourth-order valence-electron chi connectivity index (χ4n) is 3.29. The first-order valence-corrected chi connectivity index (χ1v) is 9.98. The average molecular weight is 424 g/mol. The van der Waals surface area contributed by atoms with Crippen molar-refractivity contribution in [2.75, 3.05) is 27.4 Å². The standard InChI is InChI=1S/C25H28O6/c1-16(2)9-11-30-21-8-7-18(14-22(21)28-3)24-20(15-27)19-12-17(6-5-10-26)13-23(29-4)25(19)31-24/h5-9,12-14,26-27H,10-11,15H2,1-4H3/b6-5+. The molecule has 31 heavy (non-hydrogen) atoms. The third-order valence-electron chi connectivity index (χ3n) is 4.83. The van der Waals surface area contributed by atoms with E-state index in [1.807, 2.05) is 50.3 Å². The van der Waals surface area contributed by atoms with Crippen LogP contribution in [0, 0.1) is 0 Å². The van der Waals surface area contributed by atoms with Gasteiger partial charge in [-0.1, -0.05) is 17.7 Å². The van der Waals surface area contributed by atoms with Gasteiger partial charge in [0.1, 0.15) is 12.4 Å². The Bertz CT molecular complexity index is 1100. The second kappa shape index (κ2) is 10.2. The van der Waals surface area contributed by atoms with Crippen molar-refractivity contribution in [2.45, 2.75) is 20.5 Å². The van der Waals surface area contributed by atoms with Crippen molar-refractivity contribution in [1.29, 1.82) is 0 Å². The minimum Gasteiger partial charge on any atom is -0.493 e. The largest absolute Gasteiger partial charge is 0.493 e. The number of fused-ring (bicyclic) bond motifs is 1. The minimum absolute atomic E-state index is 0.0638. The molecule has 0 saturated heterocycles. The fourth-order valence-corrected chi connectivity index (χ4v) is 3.29. The summed E-state index contributed by atoms with van der Waals surface area (Å²) in [5.41, 5.74) is 3.95. The quantitative estimate of drug-likeness (QED) is 0.473. The molecule has 3 rings (SSSR count). The average Bonchev–Trinajstić information content (AvgIpc) is 3.15. The van der Waals surface area contributed by atoms with Gasteiger partial charge in [0.15, 0.2) is 22.8 Å². The topological polar surface area (TPSA) is 81.3 Å². The van der Waals surface area contributed by atoms with Crippen LogP contribution < -0.4 is 14.2 Å². The third kappa shape index (κ3) is 4.93. The molecule has 0 saturated carbocycles. The molecule has 0 bridgehead atoms. The van der Waals surface area contributed by atoms with Crippen molar-refractivity contribution in [1.82, 2.24) is 0 Å². The van der Waals surface area contributed by atoms with Crippen LogP contribution in [0.2, 0.25) is 0 Å². The summed E-state index contributed by atoms with van der Waals surface area (Å²) in [6.45, 7) is 4.21. The first-order chi connectivity index (χ1) is 15.0. The summed E-state index contributed by atoms with van der Waals surface area (Å²) >= 11 is 0. The first-order valence-electron chi connectivity index (χ1n) is 9.98. The molecule has 1 heterocycles. The Labute approximate surface area is 182 Å². The number of allylic oxidation sites excluding steroid dienone is 1. The van der Waals surface area contributed by atoms with Crippen LogP contribution >= 0.6 is 0 Å². The van der Waals surface area contributed by atoms with Gasteiger partial charge in [-0.05, 0) is 55.8 Å². The van der Waals surface area contributed by atoms with Gasteiger partial charge >= 0.3 is 0 Å². The van der Waals surface area contributed by atoms with Gasteiger partial charge in [0.25, 0.3) is 0 Å². The minimum atomic E-state index is -0.209. The van der Waals surface area contributed by atoms with Crippen LogP contribution in [0.1, 0.15) is 25.0 Å². The Morgan fingerprint density at radius 1 is 1.00 bits per heavy atom. The van der Waals surface area contributed by atoms with E-state index in [9.17, 15) is 5.11 Å². The van der Waals surface area contributed by atoms with Crippen LogP contribution in [0.5, 0.6) is 17.2 Å². The van der Waals surface area contributed by atoms with Crippen molar-refractivity contribution in [3.63, 3.8) is 0 Å². The van der Waals surface area contributed by atoms with Gasteiger partial charge in [0, 0.05) is 16.5 Å². The molecule has 0 atom stereocenters. The Morgan fingerprint density at radius 2 is 1.77 bits per heavy atom. The number of hydrogen-bond donors (Lipinski definition) is 2. The molecule has 2 N–H and O–H groups in total. The van der Waals surface area contributed by atoms with Gasteiger partial charge in [0.05, 0.1) is 27.4 Å². The third-order valence-corrected chi connectivity index (χ3v) is 4.83. The fraction of sp³-hybridized carbons (Fsp3) is 0.280. The number of rotatable bonds is 9. The van der Waals surface area contributed by atoms with Crippen molar-refractivity contribution in [3.05, 3.63) is 59.2 Å². The zero-order valence-corrected chi connectivity index (χ0v) is 18.3. The van der Waals surface area contributed by atoms with E-state index in [2.05, 4.69) is 0 Å². The van der Waals surface area contributed by atoms with Crippen LogP contribution in [0.3, 0.4) is 0 Å². The highest BCUT2D eigenvalue weighted by atomic mass is 16.5. The maximum atomic E-state index is 10.1. The second-order valence-electron chi connectivity index (χ2n) is 7.21. The van der Waals surface area contributed by atoms with E-state index in [0.717, 1.165) is 16.5 Å². The summed E-state index contributed by atoms with van der Waals surface area (Å²) < 4.78 is 23.0. The number of aliphatic hydroxyl groups excluding tert-OH is 2. The van der Waals surface area contributed by atoms with Gasteiger partial charge in [-0.3, -0.25) is 0 Å². The molecule has 164 valence electrons. The van der Waals surface area contributed by atoms with Gasteiger partial charge in [-0.25, -0.2) is 0 Å². The van der Waals surface area contributed by atoms with E-state index in [1.165, 1.54) is 5.57 Å². The molecular weight excluding hydrogens is 396 g/mol. The number of benzene rings is 2. The highest BCUT2D eigenvalue weighted by Gasteiger charge is 2.20. The lowest BCUT2D eigenvalue weighted by atomic mass is 10.0. The molecule has 3 aromatic rings. The summed E-state index contributed by atoms with van der Waals surface area (Å²) in [6.07, 6.45) is 5.42. The molecule has 6 nitrogen and oxygen atoms in total. The molecule has 0 aliphatic heterocycles. The molecule has 1 aromatic heterocycles.